The van der Waals surface area contributed by atoms with Crippen molar-refractivity contribution in [3.8, 4) is 0 Å². The Hall–Kier alpha value is -3.04. The summed E-state index contributed by atoms with van der Waals surface area (Å²) in [4.78, 5) is 23.4. The number of nitrogens with zero attached hydrogens (tertiary/aromatic N) is 1. The molecular weight excluding hydrogens is 435 g/mol. The quantitative estimate of drug-likeness (QED) is 0.611. The maximum absolute atomic E-state index is 12.8. The SMILES string of the molecule is CC(C)c1ccc(NC(=O)ON2CCC3(C=C(c4ccc(C(F)(F)F)cc4)NO3)CC2)cc1. The number of benzene rings is 2. The molecule has 1 amide bonds. The second-order valence-corrected chi connectivity index (χ2v) is 8.61. The Morgan fingerprint density at radius 2 is 1.73 bits per heavy atom. The molecule has 2 aromatic carbocycles. The van der Waals surface area contributed by atoms with E-state index in [1.807, 2.05) is 30.3 Å². The van der Waals surface area contributed by atoms with E-state index >= 15 is 0 Å². The van der Waals surface area contributed by atoms with Gasteiger partial charge < -0.3 is 4.84 Å². The zero-order chi connectivity index (χ0) is 23.6. The van der Waals surface area contributed by atoms with E-state index in [1.165, 1.54) is 17.7 Å². The molecule has 0 bridgehead atoms. The zero-order valence-electron chi connectivity index (χ0n) is 18.4. The number of hydroxylamine groups is 3. The van der Waals surface area contributed by atoms with E-state index in [-0.39, 0.29) is 0 Å². The standard InChI is InChI=1S/C24H26F3N3O3/c1-16(2)17-5-9-20(10-6-17)28-22(31)32-30-13-11-23(12-14-30)15-21(29-33-23)18-3-7-19(8-4-18)24(25,26)27/h3-10,15-16,29H,11-14H2,1-2H3,(H,28,31). The lowest BCUT2D eigenvalue weighted by atomic mass is 9.91. The average molecular weight is 461 g/mol. The molecule has 9 heteroatoms. The van der Waals surface area contributed by atoms with Gasteiger partial charge in [-0.3, -0.25) is 15.6 Å². The largest absolute Gasteiger partial charge is 0.430 e. The Morgan fingerprint density at radius 3 is 2.30 bits per heavy atom. The van der Waals surface area contributed by atoms with Gasteiger partial charge in [-0.05, 0) is 60.2 Å². The monoisotopic (exact) mass is 461 g/mol. The molecular formula is C24H26F3N3O3. The summed E-state index contributed by atoms with van der Waals surface area (Å²) in [7, 11) is 0. The minimum absolute atomic E-state index is 0.410. The Bertz CT molecular complexity index is 1010. The van der Waals surface area contributed by atoms with Crippen molar-refractivity contribution in [2.75, 3.05) is 18.4 Å². The highest BCUT2D eigenvalue weighted by Gasteiger charge is 2.40. The first kappa shape index (κ1) is 23.1. The Balaban J connectivity index is 1.30. The lowest BCUT2D eigenvalue weighted by Crippen LogP contribution is -2.45. The van der Waals surface area contributed by atoms with Crippen molar-refractivity contribution in [2.24, 2.45) is 0 Å². The maximum Gasteiger partial charge on any atom is 0.430 e. The zero-order valence-corrected chi connectivity index (χ0v) is 18.4. The van der Waals surface area contributed by atoms with Gasteiger partial charge in [0.2, 0.25) is 0 Å². The predicted molar refractivity (Wildman–Crippen MR) is 118 cm³/mol. The molecule has 2 heterocycles. The third kappa shape index (κ3) is 5.48. The van der Waals surface area contributed by atoms with Crippen molar-refractivity contribution >= 4 is 17.5 Å². The fraction of sp³-hybridized carbons (Fsp3) is 0.375. The van der Waals surface area contributed by atoms with Crippen LogP contribution in [0.2, 0.25) is 0 Å². The smallest absolute Gasteiger partial charge is 0.351 e. The first-order chi connectivity index (χ1) is 15.6. The van der Waals surface area contributed by atoms with Crippen LogP contribution in [-0.4, -0.2) is 29.8 Å². The maximum atomic E-state index is 12.8. The van der Waals surface area contributed by atoms with Gasteiger partial charge in [-0.15, -0.1) is 5.06 Å². The van der Waals surface area contributed by atoms with Crippen LogP contribution in [0.3, 0.4) is 0 Å². The number of piperidine rings is 1. The molecule has 0 unspecified atom stereocenters. The van der Waals surface area contributed by atoms with Crippen LogP contribution in [0.5, 0.6) is 0 Å². The van der Waals surface area contributed by atoms with Crippen molar-refractivity contribution in [1.29, 1.82) is 0 Å². The molecule has 6 nitrogen and oxygen atoms in total. The molecule has 2 aliphatic rings. The number of alkyl halides is 3. The number of carbonyl (C=O) groups excluding carboxylic acids is 1. The first-order valence-electron chi connectivity index (χ1n) is 10.8. The number of anilines is 1. The summed E-state index contributed by atoms with van der Waals surface area (Å²) in [5.41, 5.74) is 4.62. The molecule has 1 saturated heterocycles. The molecule has 0 aliphatic carbocycles. The molecule has 0 saturated carbocycles. The minimum Gasteiger partial charge on any atom is -0.351 e. The van der Waals surface area contributed by atoms with E-state index in [4.69, 9.17) is 9.68 Å². The Morgan fingerprint density at radius 1 is 1.09 bits per heavy atom. The average Bonchev–Trinajstić information content (AvgIpc) is 3.19. The van der Waals surface area contributed by atoms with Crippen molar-refractivity contribution in [1.82, 2.24) is 10.5 Å². The third-order valence-corrected chi connectivity index (χ3v) is 5.90. The Labute approximate surface area is 190 Å². The number of nitrogens with one attached hydrogen (secondary N) is 2. The van der Waals surface area contributed by atoms with Gasteiger partial charge in [0.25, 0.3) is 0 Å². The second-order valence-electron chi connectivity index (χ2n) is 8.61. The molecule has 2 aliphatic heterocycles. The lowest BCUT2D eigenvalue weighted by Gasteiger charge is -2.35. The van der Waals surface area contributed by atoms with Crippen molar-refractivity contribution in [2.45, 2.75) is 44.4 Å². The summed E-state index contributed by atoms with van der Waals surface area (Å²) in [6, 6.07) is 12.6. The van der Waals surface area contributed by atoms with Crippen LogP contribution in [0, 0.1) is 0 Å². The van der Waals surface area contributed by atoms with E-state index in [1.54, 1.807) is 5.06 Å². The first-order valence-corrected chi connectivity index (χ1v) is 10.8. The highest BCUT2D eigenvalue weighted by molar-refractivity contribution is 5.84. The van der Waals surface area contributed by atoms with Gasteiger partial charge in [0.1, 0.15) is 5.60 Å². The fourth-order valence-electron chi connectivity index (χ4n) is 3.87. The molecule has 1 fully saturated rings. The normalized spacial score (nSPS) is 18.2. The van der Waals surface area contributed by atoms with Gasteiger partial charge in [0.15, 0.2) is 0 Å². The van der Waals surface area contributed by atoms with Crippen LogP contribution in [-0.2, 0) is 15.9 Å². The summed E-state index contributed by atoms with van der Waals surface area (Å²) in [6.45, 7) is 5.12. The van der Waals surface area contributed by atoms with Gasteiger partial charge in [-0.2, -0.15) is 13.2 Å². The molecule has 0 radical (unpaired) electrons. The van der Waals surface area contributed by atoms with Crippen LogP contribution in [0.1, 0.15) is 49.3 Å². The highest BCUT2D eigenvalue weighted by Crippen LogP contribution is 2.36. The molecule has 1 spiro atoms. The van der Waals surface area contributed by atoms with E-state index in [2.05, 4.69) is 24.6 Å². The van der Waals surface area contributed by atoms with Gasteiger partial charge in [0, 0.05) is 18.8 Å². The summed E-state index contributed by atoms with van der Waals surface area (Å²) < 4.78 is 38.3. The van der Waals surface area contributed by atoms with Gasteiger partial charge >= 0.3 is 12.3 Å². The Kier molecular flexibility index (Phi) is 6.36. The molecule has 4 rings (SSSR count). The third-order valence-electron chi connectivity index (χ3n) is 5.90. The summed E-state index contributed by atoms with van der Waals surface area (Å²) in [5.74, 6) is 0.410. The van der Waals surface area contributed by atoms with Crippen LogP contribution in [0.25, 0.3) is 5.70 Å². The van der Waals surface area contributed by atoms with E-state index < -0.39 is 23.4 Å². The predicted octanol–water partition coefficient (Wildman–Crippen LogP) is 5.70. The topological polar surface area (TPSA) is 62.8 Å². The van der Waals surface area contributed by atoms with Gasteiger partial charge in [-0.1, -0.05) is 38.1 Å². The van der Waals surface area contributed by atoms with E-state index in [9.17, 15) is 18.0 Å². The molecule has 33 heavy (non-hydrogen) atoms. The number of amides is 1. The van der Waals surface area contributed by atoms with Crippen molar-refractivity contribution in [3.05, 3.63) is 71.3 Å². The minimum atomic E-state index is -4.37. The number of carbonyl (C=O) groups is 1. The number of rotatable bonds is 4. The van der Waals surface area contributed by atoms with Gasteiger partial charge in [0.05, 0.1) is 11.3 Å². The second kappa shape index (κ2) is 9.07. The van der Waals surface area contributed by atoms with Crippen molar-refractivity contribution < 1.29 is 27.6 Å². The molecule has 176 valence electrons. The molecule has 0 aromatic heterocycles. The summed E-state index contributed by atoms with van der Waals surface area (Å²) >= 11 is 0. The molecule has 2 N–H and O–H groups in total. The van der Waals surface area contributed by atoms with E-state index in [0.29, 0.717) is 48.8 Å². The van der Waals surface area contributed by atoms with Crippen LogP contribution >= 0.6 is 0 Å². The summed E-state index contributed by atoms with van der Waals surface area (Å²) in [6.07, 6.45) is -1.93. The number of hydrogen-bond donors (Lipinski definition) is 2. The lowest BCUT2D eigenvalue weighted by molar-refractivity contribution is -0.153. The van der Waals surface area contributed by atoms with E-state index in [0.717, 1.165) is 12.1 Å². The van der Waals surface area contributed by atoms with Crippen molar-refractivity contribution in [3.63, 3.8) is 0 Å². The summed E-state index contributed by atoms with van der Waals surface area (Å²) in [5, 5.41) is 4.30. The van der Waals surface area contributed by atoms with Crippen LogP contribution in [0.15, 0.2) is 54.6 Å². The van der Waals surface area contributed by atoms with Gasteiger partial charge in [-0.25, -0.2) is 4.79 Å². The molecule has 2 aromatic rings. The van der Waals surface area contributed by atoms with Crippen LogP contribution in [0.4, 0.5) is 23.7 Å². The number of hydrogen-bond acceptors (Lipinski definition) is 5. The molecule has 0 atom stereocenters. The number of halogens is 3. The van der Waals surface area contributed by atoms with Crippen LogP contribution < -0.4 is 10.8 Å². The fourth-order valence-corrected chi connectivity index (χ4v) is 3.87. The highest BCUT2D eigenvalue weighted by atomic mass is 19.4.